The first kappa shape index (κ1) is 15.8. The maximum atomic E-state index is 12.3. The van der Waals surface area contributed by atoms with E-state index in [-0.39, 0.29) is 18.1 Å². The van der Waals surface area contributed by atoms with Crippen LogP contribution in [0.4, 0.5) is 10.5 Å². The lowest BCUT2D eigenvalue weighted by molar-refractivity contribution is 0.212. The van der Waals surface area contributed by atoms with Crippen LogP contribution in [0.1, 0.15) is 12.0 Å². The lowest BCUT2D eigenvalue weighted by Gasteiger charge is -2.26. The van der Waals surface area contributed by atoms with E-state index in [4.69, 9.17) is 4.74 Å². The van der Waals surface area contributed by atoms with E-state index in [9.17, 15) is 4.79 Å². The molecular weight excluding hydrogens is 314 g/mol. The Hall–Kier alpha value is -2.69. The van der Waals surface area contributed by atoms with Gasteiger partial charge in [0.15, 0.2) is 0 Å². The van der Waals surface area contributed by atoms with E-state index in [0.29, 0.717) is 6.61 Å². The van der Waals surface area contributed by atoms with Gasteiger partial charge in [-0.25, -0.2) is 4.79 Å². The van der Waals surface area contributed by atoms with Crippen molar-refractivity contribution in [3.05, 3.63) is 60.2 Å². The van der Waals surface area contributed by atoms with Crippen molar-refractivity contribution in [3.8, 4) is 5.75 Å². The fraction of sp³-hybridized carbons (Fsp3) is 0.350. The molecular formula is C20H23N3O2. The molecule has 2 atom stereocenters. The summed E-state index contributed by atoms with van der Waals surface area (Å²) in [5.74, 6) is 0.926. The van der Waals surface area contributed by atoms with Crippen LogP contribution in [-0.4, -0.2) is 37.8 Å². The van der Waals surface area contributed by atoms with Gasteiger partial charge in [0.2, 0.25) is 0 Å². The van der Waals surface area contributed by atoms with E-state index >= 15 is 0 Å². The molecule has 1 fully saturated rings. The number of nitrogens with zero attached hydrogens (tertiary/aromatic N) is 1. The van der Waals surface area contributed by atoms with E-state index < -0.39 is 0 Å². The van der Waals surface area contributed by atoms with Crippen molar-refractivity contribution < 1.29 is 9.53 Å². The fourth-order valence-corrected chi connectivity index (χ4v) is 3.58. The number of nitrogens with one attached hydrogen (secondary N) is 2. The highest BCUT2D eigenvalue weighted by atomic mass is 16.5. The van der Waals surface area contributed by atoms with Gasteiger partial charge in [0.1, 0.15) is 12.4 Å². The molecule has 2 aliphatic heterocycles. The number of benzene rings is 2. The monoisotopic (exact) mass is 337 g/mol. The van der Waals surface area contributed by atoms with Crippen molar-refractivity contribution in [3.63, 3.8) is 0 Å². The number of amides is 2. The largest absolute Gasteiger partial charge is 0.491 e. The van der Waals surface area contributed by atoms with Gasteiger partial charge >= 0.3 is 6.03 Å². The molecule has 0 aliphatic carbocycles. The average molecular weight is 337 g/mol. The molecule has 25 heavy (non-hydrogen) atoms. The van der Waals surface area contributed by atoms with Gasteiger partial charge in [0.05, 0.1) is 6.04 Å². The van der Waals surface area contributed by atoms with Gasteiger partial charge in [-0.1, -0.05) is 36.4 Å². The highest BCUT2D eigenvalue weighted by Crippen LogP contribution is 2.24. The first-order valence-corrected chi connectivity index (χ1v) is 8.85. The first-order chi connectivity index (χ1) is 12.3. The van der Waals surface area contributed by atoms with Crippen molar-refractivity contribution in [2.75, 3.05) is 24.6 Å². The number of rotatable bonds is 3. The highest BCUT2D eigenvalue weighted by molar-refractivity contribution is 5.75. The van der Waals surface area contributed by atoms with Crippen LogP contribution >= 0.6 is 0 Å². The second-order valence-corrected chi connectivity index (χ2v) is 6.70. The van der Waals surface area contributed by atoms with Crippen molar-refractivity contribution in [1.82, 2.24) is 10.6 Å². The Kier molecular flexibility index (Phi) is 4.46. The van der Waals surface area contributed by atoms with Crippen LogP contribution < -0.4 is 20.3 Å². The molecule has 0 saturated carbocycles. The van der Waals surface area contributed by atoms with Crippen LogP contribution in [0.25, 0.3) is 0 Å². The summed E-state index contributed by atoms with van der Waals surface area (Å²) in [6, 6.07) is 18.4. The molecule has 2 aromatic carbocycles. The summed E-state index contributed by atoms with van der Waals surface area (Å²) in [4.78, 5) is 14.6. The predicted octanol–water partition coefficient (Wildman–Crippen LogP) is 2.57. The second kappa shape index (κ2) is 7.05. The van der Waals surface area contributed by atoms with Gasteiger partial charge in [-0.3, -0.25) is 0 Å². The third-order valence-corrected chi connectivity index (χ3v) is 4.86. The number of urea groups is 1. The number of ether oxygens (including phenoxy) is 1. The summed E-state index contributed by atoms with van der Waals surface area (Å²) in [6.45, 7) is 2.33. The fourth-order valence-electron chi connectivity index (χ4n) is 3.58. The first-order valence-electron chi connectivity index (χ1n) is 8.85. The average Bonchev–Trinajstić information content (AvgIpc) is 3.10. The Balaban J connectivity index is 1.27. The summed E-state index contributed by atoms with van der Waals surface area (Å²) in [6.07, 6.45) is 1.77. The van der Waals surface area contributed by atoms with E-state index in [1.807, 2.05) is 36.4 Å². The minimum atomic E-state index is -0.104. The summed E-state index contributed by atoms with van der Waals surface area (Å²) in [5, 5.41) is 6.15. The third-order valence-electron chi connectivity index (χ3n) is 4.86. The molecule has 2 aromatic rings. The lowest BCUT2D eigenvalue weighted by atomic mass is 10.0. The van der Waals surface area contributed by atoms with Gasteiger partial charge in [0, 0.05) is 24.8 Å². The van der Waals surface area contributed by atoms with E-state index in [0.717, 1.165) is 37.2 Å². The zero-order valence-electron chi connectivity index (χ0n) is 14.2. The van der Waals surface area contributed by atoms with Gasteiger partial charge in [-0.15, -0.1) is 0 Å². The maximum Gasteiger partial charge on any atom is 0.315 e. The molecule has 0 bridgehead atoms. The Labute approximate surface area is 148 Å². The van der Waals surface area contributed by atoms with Crippen LogP contribution in [0.3, 0.4) is 0 Å². The number of hydrogen-bond donors (Lipinski definition) is 2. The maximum absolute atomic E-state index is 12.3. The number of hydrogen-bond acceptors (Lipinski definition) is 3. The van der Waals surface area contributed by atoms with E-state index in [2.05, 4.69) is 33.7 Å². The van der Waals surface area contributed by atoms with Gasteiger partial charge < -0.3 is 20.3 Å². The minimum absolute atomic E-state index is 0.0153. The summed E-state index contributed by atoms with van der Waals surface area (Å²) < 4.78 is 5.73. The van der Waals surface area contributed by atoms with Crippen LogP contribution in [0.5, 0.6) is 5.75 Å². The van der Waals surface area contributed by atoms with E-state index in [1.54, 1.807) is 0 Å². The van der Waals surface area contributed by atoms with Crippen LogP contribution in [0.2, 0.25) is 0 Å². The third kappa shape index (κ3) is 3.71. The molecule has 5 nitrogen and oxygen atoms in total. The van der Waals surface area contributed by atoms with Crippen molar-refractivity contribution in [2.45, 2.75) is 24.9 Å². The Morgan fingerprint density at radius 3 is 2.64 bits per heavy atom. The topological polar surface area (TPSA) is 53.6 Å². The number of carbonyl (C=O) groups is 1. The zero-order chi connectivity index (χ0) is 17.1. The summed E-state index contributed by atoms with van der Waals surface area (Å²) in [7, 11) is 0. The van der Waals surface area contributed by atoms with Crippen molar-refractivity contribution in [1.29, 1.82) is 0 Å². The zero-order valence-corrected chi connectivity index (χ0v) is 14.2. The van der Waals surface area contributed by atoms with Crippen LogP contribution in [-0.2, 0) is 6.42 Å². The highest BCUT2D eigenvalue weighted by Gasteiger charge is 2.26. The SMILES string of the molecule is O=C(NC1COc2ccccc2C1)NC1CCN(c2ccccc2)C1. The Morgan fingerprint density at radius 1 is 1.00 bits per heavy atom. The predicted molar refractivity (Wildman–Crippen MR) is 98.2 cm³/mol. The quantitative estimate of drug-likeness (QED) is 0.905. The standard InChI is InChI=1S/C20H23N3O2/c24-20(22-17-12-15-6-4-5-9-19(15)25-14-17)21-16-10-11-23(13-16)18-7-2-1-3-8-18/h1-9,16-17H,10-14H2,(H2,21,22,24). The van der Waals surface area contributed by atoms with Gasteiger partial charge in [-0.05, 0) is 36.6 Å². The molecule has 2 heterocycles. The molecule has 0 aromatic heterocycles. The van der Waals surface area contributed by atoms with E-state index in [1.165, 1.54) is 5.69 Å². The van der Waals surface area contributed by atoms with Gasteiger partial charge in [-0.2, -0.15) is 0 Å². The normalized spacial score (nSPS) is 22.0. The van der Waals surface area contributed by atoms with Gasteiger partial charge in [0.25, 0.3) is 0 Å². The number of carbonyl (C=O) groups excluding carboxylic acids is 1. The molecule has 2 N–H and O–H groups in total. The molecule has 130 valence electrons. The molecule has 2 amide bonds. The molecule has 4 rings (SSSR count). The Bertz CT molecular complexity index is 735. The molecule has 5 heteroatoms. The Morgan fingerprint density at radius 2 is 1.76 bits per heavy atom. The van der Waals surface area contributed by atoms with Crippen molar-refractivity contribution in [2.24, 2.45) is 0 Å². The smallest absolute Gasteiger partial charge is 0.315 e. The number of anilines is 1. The molecule has 1 saturated heterocycles. The second-order valence-electron chi connectivity index (χ2n) is 6.70. The molecule has 0 spiro atoms. The number of para-hydroxylation sites is 2. The molecule has 2 aliphatic rings. The van der Waals surface area contributed by atoms with Crippen LogP contribution in [0, 0.1) is 0 Å². The lowest BCUT2D eigenvalue weighted by Crippen LogP contribution is -2.50. The number of fused-ring (bicyclic) bond motifs is 1. The molecule has 0 radical (unpaired) electrons. The summed E-state index contributed by atoms with van der Waals surface area (Å²) >= 11 is 0. The van der Waals surface area contributed by atoms with Crippen molar-refractivity contribution >= 4 is 11.7 Å². The minimum Gasteiger partial charge on any atom is -0.491 e. The summed E-state index contributed by atoms with van der Waals surface area (Å²) in [5.41, 5.74) is 2.36. The van der Waals surface area contributed by atoms with Crippen LogP contribution in [0.15, 0.2) is 54.6 Å². The molecule has 2 unspecified atom stereocenters.